The maximum atomic E-state index is 11.9. The van der Waals surface area contributed by atoms with Crippen LogP contribution in [0, 0.1) is 0 Å². The third-order valence-corrected chi connectivity index (χ3v) is 4.22. The highest BCUT2D eigenvalue weighted by Crippen LogP contribution is 2.23. The average Bonchev–Trinajstić information content (AvgIpc) is 2.89. The van der Waals surface area contributed by atoms with E-state index in [0.717, 1.165) is 37.9 Å². The van der Waals surface area contributed by atoms with Gasteiger partial charge in [-0.05, 0) is 25.7 Å². The van der Waals surface area contributed by atoms with E-state index in [1.165, 1.54) is 12.8 Å². The molecule has 20 heavy (non-hydrogen) atoms. The molecule has 110 valence electrons. The number of aromatic nitrogens is 3. The largest absolute Gasteiger partial charge is 0.370 e. The second-order valence-electron chi connectivity index (χ2n) is 5.71. The van der Waals surface area contributed by atoms with Crippen LogP contribution in [0.1, 0.15) is 50.6 Å². The summed E-state index contributed by atoms with van der Waals surface area (Å²) in [5.41, 5.74) is 1.03. The summed E-state index contributed by atoms with van der Waals surface area (Å²) in [4.78, 5) is 11.9. The third kappa shape index (κ3) is 3.17. The quantitative estimate of drug-likeness (QED) is 0.779. The van der Waals surface area contributed by atoms with Crippen molar-refractivity contribution in [2.45, 2.75) is 70.2 Å². The SMILES string of the molecule is O=C1CCCCn2nncc2CO[C@H]2CCCC[C@@H]2N1. The average molecular weight is 278 g/mol. The van der Waals surface area contributed by atoms with Gasteiger partial charge in [0.1, 0.15) is 0 Å². The Labute approximate surface area is 118 Å². The molecule has 2 heterocycles. The van der Waals surface area contributed by atoms with E-state index in [0.29, 0.717) is 13.0 Å². The molecule has 6 heteroatoms. The van der Waals surface area contributed by atoms with Crippen LogP contribution in [0.25, 0.3) is 0 Å². The topological polar surface area (TPSA) is 69.0 Å². The molecule has 2 atom stereocenters. The van der Waals surface area contributed by atoms with Crippen LogP contribution in [0.2, 0.25) is 0 Å². The standard InChI is InChI=1S/C14H22N4O2/c19-14-7-3-4-8-18-11(9-15-17-18)10-20-13-6-2-1-5-12(13)16-14/h9,12-13H,1-8,10H2,(H,16,19)/t12-,13-/m0/s1. The zero-order valence-electron chi connectivity index (χ0n) is 11.8. The van der Waals surface area contributed by atoms with Crippen molar-refractivity contribution in [3.8, 4) is 0 Å². The molecular formula is C14H22N4O2. The lowest BCUT2D eigenvalue weighted by atomic mass is 9.92. The first kappa shape index (κ1) is 13.5. The minimum atomic E-state index is 0.121. The maximum Gasteiger partial charge on any atom is 0.220 e. The normalized spacial score (nSPS) is 28.5. The summed E-state index contributed by atoms with van der Waals surface area (Å²) < 4.78 is 7.94. The molecule has 6 nitrogen and oxygen atoms in total. The fraction of sp³-hybridized carbons (Fsp3) is 0.786. The number of hydrogen-bond acceptors (Lipinski definition) is 4. The highest BCUT2D eigenvalue weighted by molar-refractivity contribution is 5.76. The minimum Gasteiger partial charge on any atom is -0.370 e. The highest BCUT2D eigenvalue weighted by Gasteiger charge is 2.27. The molecule has 1 aromatic rings. The van der Waals surface area contributed by atoms with Crippen molar-refractivity contribution >= 4 is 5.91 Å². The molecule has 2 aliphatic rings. The Hall–Kier alpha value is -1.43. The predicted octanol–water partition coefficient (Wildman–Crippen LogP) is 1.41. The summed E-state index contributed by atoms with van der Waals surface area (Å²) in [5, 5.41) is 11.2. The fourth-order valence-electron chi connectivity index (χ4n) is 3.06. The van der Waals surface area contributed by atoms with Crippen LogP contribution < -0.4 is 5.32 Å². The second-order valence-corrected chi connectivity index (χ2v) is 5.71. The van der Waals surface area contributed by atoms with Gasteiger partial charge < -0.3 is 10.1 Å². The summed E-state index contributed by atoms with van der Waals surface area (Å²) in [7, 11) is 0. The number of nitrogens with one attached hydrogen (secondary N) is 1. The van der Waals surface area contributed by atoms with E-state index in [4.69, 9.17) is 4.74 Å². The van der Waals surface area contributed by atoms with E-state index in [9.17, 15) is 4.79 Å². The van der Waals surface area contributed by atoms with E-state index in [2.05, 4.69) is 15.6 Å². The molecule has 1 aromatic heterocycles. The van der Waals surface area contributed by atoms with Gasteiger partial charge in [-0.3, -0.25) is 4.79 Å². The van der Waals surface area contributed by atoms with Crippen LogP contribution in [0.15, 0.2) is 6.20 Å². The monoisotopic (exact) mass is 278 g/mol. The summed E-state index contributed by atoms with van der Waals surface area (Å²) in [6, 6.07) is 0.167. The molecule has 1 amide bonds. The van der Waals surface area contributed by atoms with Gasteiger partial charge in [0.15, 0.2) is 0 Å². The van der Waals surface area contributed by atoms with Gasteiger partial charge in [0, 0.05) is 13.0 Å². The number of rotatable bonds is 0. The first-order chi connectivity index (χ1) is 9.83. The first-order valence-electron chi connectivity index (χ1n) is 7.61. The van der Waals surface area contributed by atoms with Crippen molar-refractivity contribution in [1.29, 1.82) is 0 Å². The van der Waals surface area contributed by atoms with Crippen LogP contribution in [-0.2, 0) is 22.7 Å². The molecule has 0 bridgehead atoms. The number of amides is 1. The van der Waals surface area contributed by atoms with Gasteiger partial charge in [0.2, 0.25) is 5.91 Å². The van der Waals surface area contributed by atoms with Gasteiger partial charge in [-0.25, -0.2) is 4.68 Å². The van der Waals surface area contributed by atoms with Gasteiger partial charge in [-0.2, -0.15) is 0 Å². The molecule has 0 unspecified atom stereocenters. The molecule has 0 spiro atoms. The number of ether oxygens (including phenoxy) is 1. The number of carbonyl (C=O) groups excluding carboxylic acids is 1. The summed E-state index contributed by atoms with van der Waals surface area (Å²) in [6.07, 6.45) is 8.71. The molecule has 3 rings (SSSR count). The second kappa shape index (κ2) is 6.35. The van der Waals surface area contributed by atoms with Crippen LogP contribution in [0.3, 0.4) is 0 Å². The molecule has 0 aromatic carbocycles. The Bertz CT molecular complexity index is 460. The van der Waals surface area contributed by atoms with E-state index in [1.54, 1.807) is 6.20 Å². The van der Waals surface area contributed by atoms with Crippen LogP contribution in [0.5, 0.6) is 0 Å². The minimum absolute atomic E-state index is 0.121. The molecule has 1 saturated carbocycles. The Morgan fingerprint density at radius 3 is 3.10 bits per heavy atom. The summed E-state index contributed by atoms with van der Waals surface area (Å²) in [6.45, 7) is 1.34. The smallest absolute Gasteiger partial charge is 0.220 e. The fourth-order valence-corrected chi connectivity index (χ4v) is 3.06. The van der Waals surface area contributed by atoms with Crippen LogP contribution in [0.4, 0.5) is 0 Å². The lowest BCUT2D eigenvalue weighted by Crippen LogP contribution is -2.46. The zero-order valence-corrected chi connectivity index (χ0v) is 11.8. The van der Waals surface area contributed by atoms with Crippen molar-refractivity contribution in [2.75, 3.05) is 0 Å². The van der Waals surface area contributed by atoms with Gasteiger partial charge >= 0.3 is 0 Å². The Morgan fingerprint density at radius 2 is 2.15 bits per heavy atom. The van der Waals surface area contributed by atoms with Crippen LogP contribution >= 0.6 is 0 Å². The molecule has 1 N–H and O–H groups in total. The Kier molecular flexibility index (Phi) is 4.30. The molecular weight excluding hydrogens is 256 g/mol. The Balaban J connectivity index is 1.73. The van der Waals surface area contributed by atoms with E-state index in [1.807, 2.05) is 4.68 Å². The molecule has 0 radical (unpaired) electrons. The number of nitrogens with zero attached hydrogens (tertiary/aromatic N) is 3. The van der Waals surface area contributed by atoms with Gasteiger partial charge in [-0.15, -0.1) is 5.10 Å². The molecule has 1 aliphatic heterocycles. The zero-order chi connectivity index (χ0) is 13.8. The third-order valence-electron chi connectivity index (χ3n) is 4.22. The lowest BCUT2D eigenvalue weighted by Gasteiger charge is -2.32. The van der Waals surface area contributed by atoms with E-state index >= 15 is 0 Å². The summed E-state index contributed by atoms with van der Waals surface area (Å²) >= 11 is 0. The number of fused-ring (bicyclic) bond motifs is 2. The lowest BCUT2D eigenvalue weighted by molar-refractivity contribution is -0.124. The molecule has 1 aliphatic carbocycles. The van der Waals surface area contributed by atoms with Crippen molar-refractivity contribution < 1.29 is 9.53 Å². The molecule has 0 saturated heterocycles. The van der Waals surface area contributed by atoms with Crippen LogP contribution in [-0.4, -0.2) is 33.0 Å². The van der Waals surface area contributed by atoms with Crippen molar-refractivity contribution in [3.63, 3.8) is 0 Å². The van der Waals surface area contributed by atoms with Crippen molar-refractivity contribution in [3.05, 3.63) is 11.9 Å². The highest BCUT2D eigenvalue weighted by atomic mass is 16.5. The number of aryl methyl sites for hydroxylation is 1. The van der Waals surface area contributed by atoms with Crippen molar-refractivity contribution in [1.82, 2.24) is 20.3 Å². The van der Waals surface area contributed by atoms with E-state index < -0.39 is 0 Å². The number of carbonyl (C=O) groups is 1. The van der Waals surface area contributed by atoms with Gasteiger partial charge in [0.05, 0.1) is 30.6 Å². The van der Waals surface area contributed by atoms with Crippen molar-refractivity contribution in [2.24, 2.45) is 0 Å². The van der Waals surface area contributed by atoms with E-state index in [-0.39, 0.29) is 18.1 Å². The predicted molar refractivity (Wildman–Crippen MR) is 72.8 cm³/mol. The first-order valence-corrected chi connectivity index (χ1v) is 7.61. The summed E-state index contributed by atoms with van der Waals surface area (Å²) in [5.74, 6) is 0.157. The number of hydrogen-bond donors (Lipinski definition) is 1. The maximum absolute atomic E-state index is 11.9. The van der Waals surface area contributed by atoms with Gasteiger partial charge in [0.25, 0.3) is 0 Å². The Morgan fingerprint density at radius 1 is 1.25 bits per heavy atom. The molecule has 1 fully saturated rings. The van der Waals surface area contributed by atoms with Gasteiger partial charge in [-0.1, -0.05) is 18.1 Å².